The molecular formula is C22H37O. The van der Waals surface area contributed by atoms with Crippen LogP contribution in [0, 0.1) is 0 Å². The van der Waals surface area contributed by atoms with Crippen LogP contribution in [0.4, 0.5) is 0 Å². The van der Waals surface area contributed by atoms with Gasteiger partial charge >= 0.3 is 0 Å². The number of benzene rings is 1. The van der Waals surface area contributed by atoms with Crippen molar-refractivity contribution in [1.82, 2.24) is 0 Å². The van der Waals surface area contributed by atoms with E-state index in [1.165, 1.54) is 44.1 Å². The maximum Gasteiger partial charge on any atom is 0.185 e. The molecule has 0 fully saturated rings. The third-order valence-electron chi connectivity index (χ3n) is 5.07. The molecule has 2 atom stereocenters. The molecule has 0 spiro atoms. The first-order chi connectivity index (χ1) is 11.0. The highest BCUT2D eigenvalue weighted by Gasteiger charge is 2.20. The maximum atomic E-state index is 13.0. The van der Waals surface area contributed by atoms with E-state index in [1.54, 1.807) is 0 Å². The molecule has 0 saturated carbocycles. The third kappa shape index (κ3) is 6.20. The van der Waals surface area contributed by atoms with E-state index in [9.17, 15) is 5.11 Å². The summed E-state index contributed by atoms with van der Waals surface area (Å²) in [5.41, 5.74) is 3.53. The van der Waals surface area contributed by atoms with Gasteiger partial charge in [0.25, 0.3) is 0 Å². The summed E-state index contributed by atoms with van der Waals surface area (Å²) in [5.74, 6) is 1.11. The first-order valence-corrected chi connectivity index (χ1v) is 9.88. The summed E-state index contributed by atoms with van der Waals surface area (Å²) in [5, 5.41) is 13.0. The van der Waals surface area contributed by atoms with Gasteiger partial charge < -0.3 is 0 Å². The number of hydrogen-bond acceptors (Lipinski definition) is 0. The van der Waals surface area contributed by atoms with Crippen molar-refractivity contribution in [3.63, 3.8) is 0 Å². The molecule has 0 aliphatic carbocycles. The molecule has 0 aliphatic rings. The Morgan fingerprint density at radius 2 is 1.22 bits per heavy atom. The van der Waals surface area contributed by atoms with Gasteiger partial charge in [-0.25, -0.2) is 0 Å². The van der Waals surface area contributed by atoms with Gasteiger partial charge in [-0.3, -0.25) is 5.11 Å². The fourth-order valence-corrected chi connectivity index (χ4v) is 3.33. The molecule has 23 heavy (non-hydrogen) atoms. The molecule has 0 heterocycles. The van der Waals surface area contributed by atoms with Gasteiger partial charge in [0.2, 0.25) is 0 Å². The van der Waals surface area contributed by atoms with E-state index < -0.39 is 0 Å². The summed E-state index contributed by atoms with van der Waals surface area (Å²) in [6.07, 6.45) is 10.6. The van der Waals surface area contributed by atoms with Crippen LogP contribution in [0.3, 0.4) is 0 Å². The van der Waals surface area contributed by atoms with Crippen molar-refractivity contribution in [2.24, 2.45) is 0 Å². The molecule has 1 aromatic rings. The molecule has 0 aromatic heterocycles. The van der Waals surface area contributed by atoms with Crippen LogP contribution in [0.25, 0.3) is 0 Å². The number of rotatable bonds is 11. The Morgan fingerprint density at radius 3 is 1.61 bits per heavy atom. The molecular weight excluding hydrogens is 280 g/mol. The SMILES string of the molecule is CCCCc1cc(C(C)CCCC)c([O])c(C(C)CCCC)c1. The lowest BCUT2D eigenvalue weighted by molar-refractivity contribution is 0.337. The quantitative estimate of drug-likeness (QED) is 0.397. The molecule has 0 bridgehead atoms. The van der Waals surface area contributed by atoms with Gasteiger partial charge in [0.15, 0.2) is 5.75 Å². The van der Waals surface area contributed by atoms with Crippen molar-refractivity contribution in [1.29, 1.82) is 0 Å². The second-order valence-corrected chi connectivity index (χ2v) is 7.29. The molecule has 0 saturated heterocycles. The molecule has 0 aliphatic heterocycles. The van der Waals surface area contributed by atoms with Gasteiger partial charge in [-0.1, -0.05) is 78.9 Å². The summed E-state index contributed by atoms with van der Waals surface area (Å²) in [4.78, 5) is 0. The number of hydrogen-bond donors (Lipinski definition) is 0. The lowest BCUT2D eigenvalue weighted by atomic mass is 9.85. The Balaban J connectivity index is 3.10. The Hall–Kier alpha value is -0.980. The minimum Gasteiger partial charge on any atom is -0.289 e. The zero-order valence-corrected chi connectivity index (χ0v) is 16.1. The first kappa shape index (κ1) is 20.1. The molecule has 131 valence electrons. The van der Waals surface area contributed by atoms with E-state index in [0.717, 1.165) is 30.4 Å². The molecule has 1 aromatic carbocycles. The van der Waals surface area contributed by atoms with Crippen molar-refractivity contribution in [3.8, 4) is 5.75 Å². The topological polar surface area (TPSA) is 19.9 Å². The van der Waals surface area contributed by atoms with Gasteiger partial charge in [0.1, 0.15) is 0 Å². The zero-order chi connectivity index (χ0) is 17.2. The van der Waals surface area contributed by atoms with Crippen LogP contribution in [0.1, 0.15) is 115 Å². The van der Waals surface area contributed by atoms with E-state index >= 15 is 0 Å². The van der Waals surface area contributed by atoms with Crippen LogP contribution in [0.5, 0.6) is 5.75 Å². The average Bonchev–Trinajstić information content (AvgIpc) is 2.56. The summed E-state index contributed by atoms with van der Waals surface area (Å²) in [7, 11) is 0. The molecule has 1 heteroatoms. The smallest absolute Gasteiger partial charge is 0.185 e. The van der Waals surface area contributed by atoms with Gasteiger partial charge in [-0.15, -0.1) is 0 Å². The zero-order valence-electron chi connectivity index (χ0n) is 16.1. The molecule has 1 nitrogen and oxygen atoms in total. The average molecular weight is 318 g/mol. The van der Waals surface area contributed by atoms with Crippen LogP contribution in [0.15, 0.2) is 12.1 Å². The minimum absolute atomic E-state index is 0.331. The van der Waals surface area contributed by atoms with E-state index in [-0.39, 0.29) is 0 Å². The predicted octanol–water partition coefficient (Wildman–Crippen LogP) is 7.76. The van der Waals surface area contributed by atoms with Gasteiger partial charge in [-0.2, -0.15) is 0 Å². The largest absolute Gasteiger partial charge is 0.289 e. The maximum absolute atomic E-state index is 13.0. The van der Waals surface area contributed by atoms with Crippen molar-refractivity contribution >= 4 is 0 Å². The normalized spacial score (nSPS) is 14.0. The standard InChI is InChI=1S/C22H37O/c1-6-9-12-17(4)20-15-19(14-11-8-3)16-21(22(20)23)18(5)13-10-7-2/h15-18H,6-14H2,1-5H3. The Labute approximate surface area is 144 Å². The highest BCUT2D eigenvalue weighted by molar-refractivity contribution is 5.47. The van der Waals surface area contributed by atoms with Gasteiger partial charge in [0, 0.05) is 11.1 Å². The summed E-state index contributed by atoms with van der Waals surface area (Å²) in [6.45, 7) is 11.1. The first-order valence-electron chi connectivity index (χ1n) is 9.88. The molecule has 0 N–H and O–H groups in total. The highest BCUT2D eigenvalue weighted by atomic mass is 16.3. The molecule has 0 amide bonds. The number of aryl methyl sites for hydroxylation is 1. The van der Waals surface area contributed by atoms with Gasteiger partial charge in [-0.05, 0) is 43.1 Å². The van der Waals surface area contributed by atoms with Crippen molar-refractivity contribution in [2.75, 3.05) is 0 Å². The molecule has 2 unspecified atom stereocenters. The fraction of sp³-hybridized carbons (Fsp3) is 0.727. The van der Waals surface area contributed by atoms with E-state index in [2.05, 4.69) is 46.8 Å². The third-order valence-corrected chi connectivity index (χ3v) is 5.07. The Kier molecular flexibility index (Phi) is 9.36. The fourth-order valence-electron chi connectivity index (χ4n) is 3.33. The summed E-state index contributed by atoms with van der Waals surface area (Å²) >= 11 is 0. The van der Waals surface area contributed by atoms with E-state index in [4.69, 9.17) is 0 Å². The van der Waals surface area contributed by atoms with Crippen LogP contribution < -0.4 is 0 Å². The summed E-state index contributed by atoms with van der Waals surface area (Å²) in [6, 6.07) is 4.43. The van der Waals surface area contributed by atoms with Crippen LogP contribution >= 0.6 is 0 Å². The van der Waals surface area contributed by atoms with E-state index in [1.807, 2.05) is 0 Å². The van der Waals surface area contributed by atoms with Crippen molar-refractivity contribution in [2.45, 2.75) is 104 Å². The van der Waals surface area contributed by atoms with Crippen LogP contribution in [-0.4, -0.2) is 0 Å². The second-order valence-electron chi connectivity index (χ2n) is 7.29. The van der Waals surface area contributed by atoms with Crippen LogP contribution in [-0.2, 0) is 11.5 Å². The Morgan fingerprint density at radius 1 is 0.783 bits per heavy atom. The Bertz CT molecular complexity index is 414. The van der Waals surface area contributed by atoms with Crippen molar-refractivity contribution < 1.29 is 5.11 Å². The van der Waals surface area contributed by atoms with Gasteiger partial charge in [0.05, 0.1) is 0 Å². The monoisotopic (exact) mass is 317 g/mol. The molecule has 1 radical (unpaired) electrons. The van der Waals surface area contributed by atoms with E-state index in [0.29, 0.717) is 17.6 Å². The van der Waals surface area contributed by atoms with Crippen LogP contribution in [0.2, 0.25) is 0 Å². The second kappa shape index (κ2) is 10.7. The highest BCUT2D eigenvalue weighted by Crippen LogP contribution is 2.39. The number of unbranched alkanes of at least 4 members (excludes halogenated alkanes) is 3. The molecule has 1 rings (SSSR count). The lowest BCUT2D eigenvalue weighted by Gasteiger charge is -2.20. The lowest BCUT2D eigenvalue weighted by Crippen LogP contribution is -2.02. The predicted molar refractivity (Wildman–Crippen MR) is 101 cm³/mol. The minimum atomic E-state index is 0.331. The van der Waals surface area contributed by atoms with Crippen molar-refractivity contribution in [3.05, 3.63) is 28.8 Å². The summed E-state index contributed by atoms with van der Waals surface area (Å²) < 4.78 is 0.